The molecule has 0 radical (unpaired) electrons. The van der Waals surface area contributed by atoms with E-state index in [1.807, 2.05) is 37.3 Å². The molecule has 7 heteroatoms. The Hall–Kier alpha value is -2.37. The van der Waals surface area contributed by atoms with E-state index in [0.29, 0.717) is 22.9 Å². The van der Waals surface area contributed by atoms with Crippen molar-refractivity contribution in [2.45, 2.75) is 64.0 Å². The summed E-state index contributed by atoms with van der Waals surface area (Å²) in [4.78, 5) is 41.0. The average Bonchev–Trinajstić information content (AvgIpc) is 3.63. The smallest absolute Gasteiger partial charge is 0.304 e. The van der Waals surface area contributed by atoms with Crippen molar-refractivity contribution in [1.82, 2.24) is 4.90 Å². The number of likely N-dealkylation sites (tertiary alicyclic amines) is 1. The largest absolute Gasteiger partial charge is 0.481 e. The maximum Gasteiger partial charge on any atom is 0.304 e. The Balaban J connectivity index is 1.91. The molecule has 0 spiro atoms. The number of hydrogen-bond acceptors (Lipinski definition) is 3. The number of ketones is 1. The molecule has 4 atom stereocenters. The molecule has 5 nitrogen and oxygen atoms in total. The molecular formula is C27H29Cl2NO4. The number of carboxylic acids is 1. The number of nitrogens with zero attached hydrogens (tertiary/aromatic N) is 1. The van der Waals surface area contributed by atoms with Crippen LogP contribution in [0.25, 0.3) is 0 Å². The van der Waals surface area contributed by atoms with Crippen LogP contribution in [0.2, 0.25) is 10.0 Å². The van der Waals surface area contributed by atoms with Gasteiger partial charge in [0.2, 0.25) is 5.91 Å². The van der Waals surface area contributed by atoms with Crippen LogP contribution in [-0.4, -0.2) is 33.7 Å². The van der Waals surface area contributed by atoms with Crippen LogP contribution < -0.4 is 0 Å². The molecule has 1 heterocycles. The van der Waals surface area contributed by atoms with Gasteiger partial charge in [0.1, 0.15) is 0 Å². The minimum atomic E-state index is -1.15. The molecule has 2 fully saturated rings. The van der Waals surface area contributed by atoms with Gasteiger partial charge in [0.05, 0.1) is 23.9 Å². The van der Waals surface area contributed by atoms with E-state index in [0.717, 1.165) is 24.0 Å². The van der Waals surface area contributed by atoms with E-state index >= 15 is 0 Å². The fraction of sp³-hybridized carbons (Fsp3) is 0.444. The van der Waals surface area contributed by atoms with Crippen molar-refractivity contribution in [1.29, 1.82) is 0 Å². The van der Waals surface area contributed by atoms with E-state index in [1.165, 1.54) is 0 Å². The molecule has 2 aromatic carbocycles. The lowest BCUT2D eigenvalue weighted by atomic mass is 9.66. The number of amides is 1. The quantitative estimate of drug-likeness (QED) is 0.461. The normalized spacial score (nSPS) is 25.8. The van der Waals surface area contributed by atoms with E-state index in [2.05, 4.69) is 0 Å². The number of benzene rings is 2. The van der Waals surface area contributed by atoms with E-state index in [9.17, 15) is 19.5 Å². The van der Waals surface area contributed by atoms with Gasteiger partial charge in [-0.25, -0.2) is 0 Å². The maximum absolute atomic E-state index is 14.1. The average molecular weight is 502 g/mol. The van der Waals surface area contributed by atoms with Gasteiger partial charge in [0.15, 0.2) is 5.78 Å². The third-order valence-corrected chi connectivity index (χ3v) is 7.65. The second-order valence-electron chi connectivity index (χ2n) is 9.81. The van der Waals surface area contributed by atoms with Crippen LogP contribution in [0.15, 0.2) is 48.5 Å². The highest BCUT2D eigenvalue weighted by Crippen LogP contribution is 2.52. The molecule has 1 aliphatic heterocycles. The van der Waals surface area contributed by atoms with Gasteiger partial charge in [-0.2, -0.15) is 0 Å². The monoisotopic (exact) mass is 501 g/mol. The van der Waals surface area contributed by atoms with Gasteiger partial charge in [-0.05, 0) is 61.1 Å². The summed E-state index contributed by atoms with van der Waals surface area (Å²) in [7, 11) is 0. The highest BCUT2D eigenvalue weighted by atomic mass is 35.5. The lowest BCUT2D eigenvalue weighted by Gasteiger charge is -2.51. The summed E-state index contributed by atoms with van der Waals surface area (Å²) in [6.45, 7) is 3.62. The maximum atomic E-state index is 14.1. The molecule has 1 N–H and O–H groups in total. The molecular weight excluding hydrogens is 473 g/mol. The van der Waals surface area contributed by atoms with Crippen molar-refractivity contribution >= 4 is 40.9 Å². The zero-order valence-electron chi connectivity index (χ0n) is 19.3. The second-order valence-corrected chi connectivity index (χ2v) is 10.7. The zero-order valence-corrected chi connectivity index (χ0v) is 20.9. The highest BCUT2D eigenvalue weighted by molar-refractivity contribution is 6.30. The van der Waals surface area contributed by atoms with E-state index < -0.39 is 23.5 Å². The van der Waals surface area contributed by atoms with Gasteiger partial charge in [-0.3, -0.25) is 14.4 Å². The van der Waals surface area contributed by atoms with Crippen LogP contribution in [0.1, 0.15) is 69.0 Å². The Kier molecular flexibility index (Phi) is 7.07. The number of hydrogen-bond donors (Lipinski definition) is 1. The molecule has 0 bridgehead atoms. The van der Waals surface area contributed by atoms with Gasteiger partial charge in [0.25, 0.3) is 0 Å². The summed E-state index contributed by atoms with van der Waals surface area (Å²) >= 11 is 12.5. The first-order chi connectivity index (χ1) is 16.1. The third kappa shape index (κ3) is 4.87. The number of carbonyl (C=O) groups is 3. The van der Waals surface area contributed by atoms with Gasteiger partial charge >= 0.3 is 5.97 Å². The van der Waals surface area contributed by atoms with Crippen LogP contribution in [0.4, 0.5) is 0 Å². The molecule has 0 aromatic heterocycles. The Labute approximate surface area is 210 Å². The zero-order chi connectivity index (χ0) is 24.6. The first-order valence-corrected chi connectivity index (χ1v) is 12.5. The van der Waals surface area contributed by atoms with Crippen LogP contribution in [0, 0.1) is 11.3 Å². The predicted molar refractivity (Wildman–Crippen MR) is 132 cm³/mol. The number of rotatable bonds is 8. The van der Waals surface area contributed by atoms with Crippen LogP contribution in [0.5, 0.6) is 0 Å². The molecule has 1 amide bonds. The first kappa shape index (κ1) is 24.7. The Morgan fingerprint density at radius 2 is 1.76 bits per heavy atom. The van der Waals surface area contributed by atoms with Crippen molar-refractivity contribution in [3.63, 3.8) is 0 Å². The van der Waals surface area contributed by atoms with Gasteiger partial charge < -0.3 is 10.0 Å². The lowest BCUT2D eigenvalue weighted by molar-refractivity contribution is -0.162. The van der Waals surface area contributed by atoms with Crippen molar-refractivity contribution in [2.75, 3.05) is 0 Å². The summed E-state index contributed by atoms with van der Waals surface area (Å²) in [6, 6.07) is 13.7. The van der Waals surface area contributed by atoms with Crippen LogP contribution in [-0.2, 0) is 14.4 Å². The Bertz CT molecular complexity index is 1100. The van der Waals surface area contributed by atoms with Gasteiger partial charge in [-0.15, -0.1) is 0 Å². The standard InChI is InChI=1S/C27H29Cl2NO4/c1-3-22(25(33)17-7-8-17)30-24(16-9-11-19(28)12-10-16)21(18-5-4-6-20(29)13-18)14-27(2,26(30)34)15-23(31)32/h4-6,9-13,17,21-22,24H,3,7-8,14-15H2,1-2H3,(H,31,32)/t21-,22+,24-,27+/m1/s1. The van der Waals surface area contributed by atoms with Crippen molar-refractivity contribution < 1.29 is 19.5 Å². The van der Waals surface area contributed by atoms with Crippen LogP contribution >= 0.6 is 23.2 Å². The van der Waals surface area contributed by atoms with Crippen LogP contribution in [0.3, 0.4) is 0 Å². The third-order valence-electron chi connectivity index (χ3n) is 7.16. The highest BCUT2D eigenvalue weighted by Gasteiger charge is 2.54. The Morgan fingerprint density at radius 1 is 1.09 bits per heavy atom. The minimum absolute atomic E-state index is 0.0270. The van der Waals surface area contributed by atoms with Gasteiger partial charge in [-0.1, -0.05) is 61.3 Å². The molecule has 0 unspecified atom stereocenters. The summed E-state index contributed by atoms with van der Waals surface area (Å²) in [5.41, 5.74) is 0.622. The second kappa shape index (κ2) is 9.71. The fourth-order valence-corrected chi connectivity index (χ4v) is 5.72. The molecule has 2 aliphatic rings. The number of carboxylic acid groups (broad SMARTS) is 1. The molecule has 1 saturated heterocycles. The first-order valence-electron chi connectivity index (χ1n) is 11.7. The summed E-state index contributed by atoms with van der Waals surface area (Å²) in [5, 5.41) is 10.8. The molecule has 34 heavy (non-hydrogen) atoms. The lowest BCUT2D eigenvalue weighted by Crippen LogP contribution is -2.58. The van der Waals surface area contributed by atoms with E-state index in [-0.39, 0.29) is 29.9 Å². The number of carbonyl (C=O) groups excluding carboxylic acids is 2. The fourth-order valence-electron chi connectivity index (χ4n) is 5.40. The topological polar surface area (TPSA) is 74.7 Å². The molecule has 1 saturated carbocycles. The Morgan fingerprint density at radius 3 is 2.32 bits per heavy atom. The summed E-state index contributed by atoms with van der Waals surface area (Å²) < 4.78 is 0. The number of aliphatic carboxylic acids is 1. The van der Waals surface area contributed by atoms with Gasteiger partial charge in [0, 0.05) is 21.9 Å². The molecule has 1 aliphatic carbocycles. The number of Topliss-reactive ketones (excluding diaryl/α,β-unsaturated/α-hetero) is 1. The van der Waals surface area contributed by atoms with Crippen molar-refractivity contribution in [2.24, 2.45) is 11.3 Å². The predicted octanol–water partition coefficient (Wildman–Crippen LogP) is 6.29. The molecule has 180 valence electrons. The van der Waals surface area contributed by atoms with Crippen molar-refractivity contribution in [3.8, 4) is 0 Å². The molecule has 4 rings (SSSR count). The SMILES string of the molecule is CC[C@@H](C(=O)C1CC1)N1C(=O)[C@](C)(CC(=O)O)C[C@H](c2cccc(Cl)c2)[C@H]1c1ccc(Cl)cc1. The van der Waals surface area contributed by atoms with Crippen molar-refractivity contribution in [3.05, 3.63) is 69.7 Å². The van der Waals surface area contributed by atoms with E-state index in [1.54, 1.807) is 30.0 Å². The summed E-state index contributed by atoms with van der Waals surface area (Å²) in [6.07, 6.45) is 2.17. The number of halogens is 2. The number of piperidine rings is 1. The molecule has 2 aromatic rings. The summed E-state index contributed by atoms with van der Waals surface area (Å²) in [5.74, 6) is -1.52. The van der Waals surface area contributed by atoms with E-state index in [4.69, 9.17) is 23.2 Å². The minimum Gasteiger partial charge on any atom is -0.481 e.